The molecule has 0 radical (unpaired) electrons. The standard InChI is InChI=1S/C30H30ClFN4O3S2/c1-2-38-28-14-25-23(13-26(28)36-29(37)8-4-6-20-16-40-41-17-20)30(34-18-33-25)35-22-9-10-27(24(31)12-22)39-15-19-5-3-7-21(32)11-19/h3,5,7,9-14,18,20H,2,4,6,8,15-17H2,1H3,(H,36,37)(H,33,34,35). The lowest BCUT2D eigenvalue weighted by atomic mass is 10.1. The van der Waals surface area contributed by atoms with Crippen LogP contribution in [0.5, 0.6) is 11.5 Å². The highest BCUT2D eigenvalue weighted by atomic mass is 35.5. The van der Waals surface area contributed by atoms with Crippen LogP contribution in [0.25, 0.3) is 10.9 Å². The summed E-state index contributed by atoms with van der Waals surface area (Å²) in [6.07, 6.45) is 3.84. The van der Waals surface area contributed by atoms with Crippen molar-refractivity contribution in [2.24, 2.45) is 5.92 Å². The molecule has 4 aromatic rings. The molecule has 1 aromatic heterocycles. The highest BCUT2D eigenvalue weighted by Gasteiger charge is 2.18. The lowest BCUT2D eigenvalue weighted by Crippen LogP contribution is -2.13. The van der Waals surface area contributed by atoms with Crippen LogP contribution in [0.2, 0.25) is 5.02 Å². The van der Waals surface area contributed by atoms with E-state index in [1.54, 1.807) is 24.3 Å². The minimum absolute atomic E-state index is 0.0458. The number of carbonyl (C=O) groups is 1. The van der Waals surface area contributed by atoms with Gasteiger partial charge < -0.3 is 20.1 Å². The largest absolute Gasteiger partial charge is 0.492 e. The van der Waals surface area contributed by atoms with E-state index in [9.17, 15) is 9.18 Å². The maximum Gasteiger partial charge on any atom is 0.224 e. The molecular formula is C30H30ClFN4O3S2. The second-order valence-electron chi connectivity index (χ2n) is 9.59. The van der Waals surface area contributed by atoms with Gasteiger partial charge in [0, 0.05) is 35.1 Å². The Morgan fingerprint density at radius 1 is 1.07 bits per heavy atom. The van der Waals surface area contributed by atoms with Gasteiger partial charge in [-0.05, 0) is 67.6 Å². The van der Waals surface area contributed by atoms with Crippen molar-refractivity contribution >= 4 is 67.2 Å². The predicted octanol–water partition coefficient (Wildman–Crippen LogP) is 8.26. The average molecular weight is 613 g/mol. The third-order valence-electron chi connectivity index (χ3n) is 6.50. The van der Waals surface area contributed by atoms with E-state index in [2.05, 4.69) is 20.6 Å². The van der Waals surface area contributed by atoms with Gasteiger partial charge >= 0.3 is 0 Å². The third-order valence-corrected chi connectivity index (χ3v) is 9.49. The molecule has 7 nitrogen and oxygen atoms in total. The van der Waals surface area contributed by atoms with Crippen LogP contribution in [0.4, 0.5) is 21.6 Å². The van der Waals surface area contributed by atoms with Gasteiger partial charge in [-0.3, -0.25) is 4.79 Å². The van der Waals surface area contributed by atoms with E-state index in [1.807, 2.05) is 46.7 Å². The minimum atomic E-state index is -0.317. The molecule has 5 rings (SSSR count). The van der Waals surface area contributed by atoms with Crippen molar-refractivity contribution in [3.05, 3.63) is 77.3 Å². The van der Waals surface area contributed by atoms with Gasteiger partial charge in [-0.2, -0.15) is 0 Å². The van der Waals surface area contributed by atoms with E-state index in [4.69, 9.17) is 21.1 Å². The first-order chi connectivity index (χ1) is 20.0. The summed E-state index contributed by atoms with van der Waals surface area (Å²) in [7, 11) is 3.83. The number of hydrogen-bond donors (Lipinski definition) is 2. The van der Waals surface area contributed by atoms with Gasteiger partial charge in [-0.25, -0.2) is 14.4 Å². The monoisotopic (exact) mass is 612 g/mol. The lowest BCUT2D eigenvalue weighted by molar-refractivity contribution is -0.116. The third kappa shape index (κ3) is 7.96. The minimum Gasteiger partial charge on any atom is -0.492 e. The van der Waals surface area contributed by atoms with Crippen LogP contribution in [0.15, 0.2) is 60.9 Å². The molecule has 2 heterocycles. The Bertz CT molecular complexity index is 1520. The summed E-state index contributed by atoms with van der Waals surface area (Å²) < 4.78 is 25.1. The maximum atomic E-state index is 13.5. The highest BCUT2D eigenvalue weighted by Crippen LogP contribution is 2.37. The van der Waals surface area contributed by atoms with Crippen LogP contribution >= 0.6 is 33.2 Å². The number of hydrogen-bond acceptors (Lipinski definition) is 8. The molecule has 41 heavy (non-hydrogen) atoms. The Hall–Kier alpha value is -3.21. The van der Waals surface area contributed by atoms with Gasteiger partial charge in [0.2, 0.25) is 5.91 Å². The fourth-order valence-electron chi connectivity index (χ4n) is 4.44. The van der Waals surface area contributed by atoms with E-state index < -0.39 is 0 Å². The van der Waals surface area contributed by atoms with Crippen molar-refractivity contribution in [2.45, 2.75) is 32.8 Å². The lowest BCUT2D eigenvalue weighted by Gasteiger charge is -2.15. The Morgan fingerprint density at radius 3 is 2.71 bits per heavy atom. The number of halogens is 2. The Labute approximate surface area is 251 Å². The first kappa shape index (κ1) is 29.3. The summed E-state index contributed by atoms with van der Waals surface area (Å²) in [6.45, 7) is 2.54. The Kier molecular flexibility index (Phi) is 10.1. The van der Waals surface area contributed by atoms with Crippen LogP contribution in [0, 0.1) is 11.7 Å². The second kappa shape index (κ2) is 14.1. The zero-order chi connectivity index (χ0) is 28.6. The predicted molar refractivity (Wildman–Crippen MR) is 167 cm³/mol. The molecule has 1 saturated heterocycles. The number of nitrogens with zero attached hydrogens (tertiary/aromatic N) is 2. The van der Waals surface area contributed by atoms with E-state index >= 15 is 0 Å². The van der Waals surface area contributed by atoms with E-state index in [0.717, 1.165) is 24.3 Å². The quantitative estimate of drug-likeness (QED) is 0.155. The van der Waals surface area contributed by atoms with Crippen molar-refractivity contribution in [3.8, 4) is 11.5 Å². The summed E-state index contributed by atoms with van der Waals surface area (Å²) in [5.41, 5.74) is 2.64. The SMILES string of the molecule is CCOc1cc2ncnc(Nc3ccc(OCc4cccc(F)c4)c(Cl)c3)c2cc1NC(=O)CCCC1CSSC1. The summed E-state index contributed by atoms with van der Waals surface area (Å²) in [5.74, 6) is 4.24. The van der Waals surface area contributed by atoms with Gasteiger partial charge in [0.05, 0.1) is 22.8 Å². The van der Waals surface area contributed by atoms with Gasteiger partial charge in [-0.1, -0.05) is 45.3 Å². The molecule has 11 heteroatoms. The molecule has 0 aliphatic carbocycles. The first-order valence-corrected chi connectivity index (χ1v) is 16.2. The smallest absolute Gasteiger partial charge is 0.224 e. The van der Waals surface area contributed by atoms with Crippen molar-refractivity contribution in [1.29, 1.82) is 0 Å². The number of anilines is 3. The molecule has 0 bridgehead atoms. The number of rotatable bonds is 12. The number of carbonyl (C=O) groups excluding carboxylic acids is 1. The summed E-state index contributed by atoms with van der Waals surface area (Å²) in [6, 6.07) is 15.2. The Morgan fingerprint density at radius 2 is 1.93 bits per heavy atom. The van der Waals surface area contributed by atoms with Crippen LogP contribution in [-0.4, -0.2) is 34.0 Å². The number of amides is 1. The first-order valence-electron chi connectivity index (χ1n) is 13.4. The van der Waals surface area contributed by atoms with Crippen molar-refractivity contribution < 1.29 is 18.7 Å². The van der Waals surface area contributed by atoms with Crippen molar-refractivity contribution in [1.82, 2.24) is 9.97 Å². The van der Waals surface area contributed by atoms with Gasteiger partial charge in [0.15, 0.2) is 0 Å². The Balaban J connectivity index is 1.30. The molecule has 1 aliphatic rings. The van der Waals surface area contributed by atoms with E-state index in [-0.39, 0.29) is 18.3 Å². The van der Waals surface area contributed by atoms with Gasteiger partial charge in [0.1, 0.15) is 36.1 Å². The second-order valence-corrected chi connectivity index (χ2v) is 12.5. The number of nitrogens with one attached hydrogen (secondary N) is 2. The molecule has 3 aromatic carbocycles. The molecule has 1 amide bonds. The molecule has 2 N–H and O–H groups in total. The molecular weight excluding hydrogens is 583 g/mol. The number of ether oxygens (including phenoxy) is 2. The van der Waals surface area contributed by atoms with Crippen molar-refractivity contribution in [3.63, 3.8) is 0 Å². The molecule has 214 valence electrons. The van der Waals surface area contributed by atoms with Crippen LogP contribution in [0.1, 0.15) is 31.7 Å². The highest BCUT2D eigenvalue weighted by molar-refractivity contribution is 8.77. The zero-order valence-electron chi connectivity index (χ0n) is 22.5. The zero-order valence-corrected chi connectivity index (χ0v) is 24.9. The van der Waals surface area contributed by atoms with Gasteiger partial charge in [0.25, 0.3) is 0 Å². The molecule has 0 unspecified atom stereocenters. The summed E-state index contributed by atoms with van der Waals surface area (Å²) in [4.78, 5) is 21.7. The molecule has 0 atom stereocenters. The molecule has 0 saturated carbocycles. The summed E-state index contributed by atoms with van der Waals surface area (Å²) >= 11 is 6.49. The molecule has 0 spiro atoms. The average Bonchev–Trinajstić information content (AvgIpc) is 3.47. The number of fused-ring (bicyclic) bond motifs is 1. The summed E-state index contributed by atoms with van der Waals surface area (Å²) in [5, 5.41) is 7.44. The van der Waals surface area contributed by atoms with Crippen LogP contribution in [0.3, 0.4) is 0 Å². The van der Waals surface area contributed by atoms with Crippen molar-refractivity contribution in [2.75, 3.05) is 28.7 Å². The normalized spacial score (nSPS) is 13.3. The number of benzene rings is 3. The van der Waals surface area contributed by atoms with E-state index in [0.29, 0.717) is 69.1 Å². The topological polar surface area (TPSA) is 85.4 Å². The fraction of sp³-hybridized carbons (Fsp3) is 0.300. The molecule has 1 fully saturated rings. The fourth-order valence-corrected chi connectivity index (χ4v) is 7.71. The maximum absolute atomic E-state index is 13.5. The molecule has 1 aliphatic heterocycles. The number of aromatic nitrogens is 2. The van der Waals surface area contributed by atoms with E-state index in [1.165, 1.54) is 18.5 Å². The van der Waals surface area contributed by atoms with Crippen LogP contribution in [-0.2, 0) is 11.4 Å². The van der Waals surface area contributed by atoms with Gasteiger partial charge in [-0.15, -0.1) is 0 Å². The van der Waals surface area contributed by atoms with Crippen LogP contribution < -0.4 is 20.1 Å².